The van der Waals surface area contributed by atoms with Gasteiger partial charge in [0.15, 0.2) is 17.2 Å². The summed E-state index contributed by atoms with van der Waals surface area (Å²) in [5.74, 6) is -0.517. The highest BCUT2D eigenvalue weighted by atomic mass is 79.9. The van der Waals surface area contributed by atoms with Crippen LogP contribution in [-0.2, 0) is 14.3 Å². The first-order chi connectivity index (χ1) is 14.3. The number of ether oxygens (including phenoxy) is 3. The molecule has 154 valence electrons. The first kappa shape index (κ1) is 21.2. The lowest BCUT2D eigenvalue weighted by Crippen LogP contribution is -2.07. The molecule has 10 heteroatoms. The van der Waals surface area contributed by atoms with E-state index in [1.54, 1.807) is 19.1 Å². The molecule has 0 aliphatic carbocycles. The van der Waals surface area contributed by atoms with Crippen LogP contribution >= 0.6 is 15.9 Å². The molecule has 2 aromatic carbocycles. The fourth-order valence-corrected chi connectivity index (χ4v) is 3.07. The third-order valence-corrected chi connectivity index (χ3v) is 4.59. The second-order valence-corrected chi connectivity index (χ2v) is 6.86. The quantitative estimate of drug-likeness (QED) is 0.204. The predicted octanol–water partition coefficient (Wildman–Crippen LogP) is 4.03. The molecule has 30 heavy (non-hydrogen) atoms. The summed E-state index contributed by atoms with van der Waals surface area (Å²) in [6.07, 6.45) is 1.69. The molecule has 1 aliphatic heterocycles. The van der Waals surface area contributed by atoms with Crippen molar-refractivity contribution in [3.8, 4) is 11.5 Å². The van der Waals surface area contributed by atoms with E-state index < -0.39 is 16.9 Å². The van der Waals surface area contributed by atoms with E-state index in [0.29, 0.717) is 21.3 Å². The number of benzene rings is 2. The Labute approximate surface area is 179 Å². The summed E-state index contributed by atoms with van der Waals surface area (Å²) in [7, 11) is 1.43. The number of hydrogen-bond donors (Lipinski definition) is 0. The zero-order valence-corrected chi connectivity index (χ0v) is 17.5. The normalized spacial score (nSPS) is 14.3. The van der Waals surface area contributed by atoms with Crippen molar-refractivity contribution in [1.29, 1.82) is 0 Å². The summed E-state index contributed by atoms with van der Waals surface area (Å²) < 4.78 is 16.2. The maximum atomic E-state index is 12.2. The molecule has 0 spiro atoms. The van der Waals surface area contributed by atoms with Crippen molar-refractivity contribution in [2.45, 2.75) is 13.3 Å². The van der Waals surface area contributed by atoms with Crippen LogP contribution < -0.4 is 9.47 Å². The van der Waals surface area contributed by atoms with Crippen molar-refractivity contribution < 1.29 is 28.7 Å². The maximum Gasteiger partial charge on any atom is 0.363 e. The van der Waals surface area contributed by atoms with Gasteiger partial charge in [-0.3, -0.25) is 14.9 Å². The molecule has 0 saturated heterocycles. The fourth-order valence-electron chi connectivity index (χ4n) is 2.52. The fraction of sp³-hybridized carbons (Fsp3) is 0.150. The lowest BCUT2D eigenvalue weighted by atomic mass is 10.1. The minimum atomic E-state index is -0.667. The Hall–Kier alpha value is -3.53. The summed E-state index contributed by atoms with van der Waals surface area (Å²) in [5, 5.41) is 10.8. The number of carbonyl (C=O) groups excluding carboxylic acids is 2. The Balaban J connectivity index is 1.92. The number of esters is 2. The number of carbonyl (C=O) groups is 2. The van der Waals surface area contributed by atoms with Gasteiger partial charge in [0.05, 0.1) is 16.5 Å². The number of rotatable bonds is 6. The van der Waals surface area contributed by atoms with Crippen LogP contribution in [0.1, 0.15) is 24.5 Å². The van der Waals surface area contributed by atoms with Crippen LogP contribution in [0.4, 0.5) is 5.69 Å². The summed E-state index contributed by atoms with van der Waals surface area (Å²) in [5.41, 5.74) is 0.935. The SMILES string of the molecule is CCC(=O)Oc1c(Br)cc(/C=C2\N=C(c3ccc([N+](=O)[O-])cc3)OC2=O)cc1OC. The van der Waals surface area contributed by atoms with E-state index in [0.717, 1.165) is 0 Å². The lowest BCUT2D eigenvalue weighted by molar-refractivity contribution is -0.384. The number of aliphatic imine (C=N–C) groups is 1. The van der Waals surface area contributed by atoms with Crippen LogP contribution in [0, 0.1) is 10.1 Å². The second-order valence-electron chi connectivity index (χ2n) is 6.00. The Morgan fingerprint density at radius 2 is 2.00 bits per heavy atom. The molecule has 2 aromatic rings. The van der Waals surface area contributed by atoms with Crippen molar-refractivity contribution in [2.75, 3.05) is 7.11 Å². The first-order valence-corrected chi connectivity index (χ1v) is 9.47. The molecule has 1 aliphatic rings. The molecule has 0 atom stereocenters. The zero-order valence-electron chi connectivity index (χ0n) is 15.9. The van der Waals surface area contributed by atoms with E-state index in [9.17, 15) is 19.7 Å². The van der Waals surface area contributed by atoms with Gasteiger partial charge in [0.25, 0.3) is 5.69 Å². The van der Waals surface area contributed by atoms with Crippen molar-refractivity contribution in [3.05, 3.63) is 67.8 Å². The summed E-state index contributed by atoms with van der Waals surface area (Å²) in [6, 6.07) is 8.72. The van der Waals surface area contributed by atoms with Gasteiger partial charge in [0.1, 0.15) is 0 Å². The van der Waals surface area contributed by atoms with E-state index in [2.05, 4.69) is 20.9 Å². The highest BCUT2D eigenvalue weighted by Gasteiger charge is 2.25. The Bertz CT molecular complexity index is 1090. The second kappa shape index (κ2) is 8.87. The maximum absolute atomic E-state index is 12.2. The summed E-state index contributed by atoms with van der Waals surface area (Å²) in [4.78, 5) is 38.2. The van der Waals surface area contributed by atoms with Crippen LogP contribution in [0.25, 0.3) is 6.08 Å². The molecular formula is C20H15BrN2O7. The molecule has 3 rings (SSSR count). The summed E-state index contributed by atoms with van der Waals surface area (Å²) >= 11 is 3.33. The van der Waals surface area contributed by atoms with Gasteiger partial charge in [-0.1, -0.05) is 6.92 Å². The molecule has 0 aromatic heterocycles. The highest BCUT2D eigenvalue weighted by molar-refractivity contribution is 9.10. The molecule has 1 heterocycles. The number of halogens is 1. The topological polar surface area (TPSA) is 117 Å². The molecule has 0 fully saturated rings. The standard InChI is InChI=1S/C20H15BrN2O7/c1-3-17(24)29-18-14(21)8-11(10-16(18)28-2)9-15-20(25)30-19(22-15)12-4-6-13(7-5-12)23(26)27/h4-10H,3H2,1-2H3/b15-9-. The van der Waals surface area contributed by atoms with Crippen LogP contribution in [0.15, 0.2) is 51.6 Å². The monoisotopic (exact) mass is 474 g/mol. The van der Waals surface area contributed by atoms with Gasteiger partial charge in [-0.15, -0.1) is 0 Å². The van der Waals surface area contributed by atoms with Crippen molar-refractivity contribution in [3.63, 3.8) is 0 Å². The molecule has 0 radical (unpaired) electrons. The molecule has 0 unspecified atom stereocenters. The number of cyclic esters (lactones) is 1. The van der Waals surface area contributed by atoms with E-state index in [4.69, 9.17) is 14.2 Å². The molecule has 0 amide bonds. The average molecular weight is 475 g/mol. The molecular weight excluding hydrogens is 460 g/mol. The van der Waals surface area contributed by atoms with Crippen molar-refractivity contribution in [2.24, 2.45) is 4.99 Å². The van der Waals surface area contributed by atoms with Gasteiger partial charge in [-0.2, -0.15) is 0 Å². The minimum absolute atomic E-state index is 0.0376. The van der Waals surface area contributed by atoms with E-state index >= 15 is 0 Å². The van der Waals surface area contributed by atoms with Crippen LogP contribution in [0.3, 0.4) is 0 Å². The van der Waals surface area contributed by atoms with Crippen LogP contribution in [0.5, 0.6) is 11.5 Å². The number of methoxy groups -OCH3 is 1. The largest absolute Gasteiger partial charge is 0.493 e. The summed E-state index contributed by atoms with van der Waals surface area (Å²) in [6.45, 7) is 1.67. The predicted molar refractivity (Wildman–Crippen MR) is 110 cm³/mol. The van der Waals surface area contributed by atoms with Crippen LogP contribution in [-0.4, -0.2) is 29.9 Å². The van der Waals surface area contributed by atoms with Gasteiger partial charge in [-0.05, 0) is 51.8 Å². The Morgan fingerprint density at radius 1 is 1.30 bits per heavy atom. The first-order valence-electron chi connectivity index (χ1n) is 8.68. The van der Waals surface area contributed by atoms with Crippen LogP contribution in [0.2, 0.25) is 0 Å². The van der Waals surface area contributed by atoms with Gasteiger partial charge >= 0.3 is 11.9 Å². The van der Waals surface area contributed by atoms with Crippen molar-refractivity contribution in [1.82, 2.24) is 0 Å². The van der Waals surface area contributed by atoms with Gasteiger partial charge in [0, 0.05) is 24.1 Å². The minimum Gasteiger partial charge on any atom is -0.493 e. The molecule has 9 nitrogen and oxygen atoms in total. The third-order valence-electron chi connectivity index (χ3n) is 4.01. The van der Waals surface area contributed by atoms with Gasteiger partial charge in [-0.25, -0.2) is 9.79 Å². The number of nitro groups is 1. The van der Waals surface area contributed by atoms with E-state index in [-0.39, 0.29) is 29.5 Å². The number of hydrogen-bond acceptors (Lipinski definition) is 8. The van der Waals surface area contributed by atoms with Crippen molar-refractivity contribution >= 4 is 45.5 Å². The number of nitro benzene ring substituents is 1. The van der Waals surface area contributed by atoms with E-state index in [1.165, 1.54) is 37.5 Å². The van der Waals surface area contributed by atoms with Gasteiger partial charge in [0.2, 0.25) is 5.90 Å². The molecule has 0 saturated carbocycles. The molecule has 0 N–H and O–H groups in total. The third kappa shape index (κ3) is 4.54. The van der Waals surface area contributed by atoms with E-state index in [1.807, 2.05) is 0 Å². The Morgan fingerprint density at radius 3 is 2.60 bits per heavy atom. The number of nitrogens with zero attached hydrogens (tertiary/aromatic N) is 2. The lowest BCUT2D eigenvalue weighted by Gasteiger charge is -2.11. The smallest absolute Gasteiger partial charge is 0.363 e. The average Bonchev–Trinajstić information content (AvgIpc) is 3.09. The zero-order chi connectivity index (χ0) is 21.8. The van der Waals surface area contributed by atoms with Gasteiger partial charge < -0.3 is 14.2 Å². The molecule has 0 bridgehead atoms. The highest BCUT2D eigenvalue weighted by Crippen LogP contribution is 2.37. The Kier molecular flexibility index (Phi) is 6.26. The number of non-ortho nitro benzene ring substituents is 1.